The Morgan fingerprint density at radius 1 is 0.577 bits per heavy atom. The van der Waals surface area contributed by atoms with Crippen molar-refractivity contribution in [2.45, 2.75) is 6.92 Å². The molecule has 1 heterocycles. The summed E-state index contributed by atoms with van der Waals surface area (Å²) in [6.45, 7) is 1.73. The van der Waals surface area contributed by atoms with Crippen LogP contribution in [0.5, 0.6) is 0 Å². The molecule has 0 aliphatic carbocycles. The minimum atomic E-state index is -0.273. The maximum atomic E-state index is 14.0. The number of aryl methyl sites for hydroxylation is 1. The second kappa shape index (κ2) is 6.84. The van der Waals surface area contributed by atoms with Crippen LogP contribution in [-0.4, -0.2) is 15.0 Å². The fourth-order valence-corrected chi connectivity index (χ4v) is 2.67. The molecule has 0 radical (unpaired) electrons. The lowest BCUT2D eigenvalue weighted by molar-refractivity contribution is 0.619. The van der Waals surface area contributed by atoms with Crippen molar-refractivity contribution in [1.29, 1.82) is 0 Å². The molecule has 0 aliphatic rings. The molecule has 0 saturated carbocycles. The lowest BCUT2D eigenvalue weighted by Crippen LogP contribution is -2.00. The Hall–Kier alpha value is -3.40. The summed E-state index contributed by atoms with van der Waals surface area (Å²) >= 11 is 0. The lowest BCUT2D eigenvalue weighted by atomic mass is 10.1. The van der Waals surface area contributed by atoms with Crippen molar-refractivity contribution < 1.29 is 4.39 Å². The SMILES string of the molecule is Cc1ccc(-c2nc(-c3ccccc3)nc(-c3ccccc3)n2)cc1F. The number of hydrogen-bond donors (Lipinski definition) is 0. The van der Waals surface area contributed by atoms with E-state index in [-0.39, 0.29) is 5.82 Å². The van der Waals surface area contributed by atoms with Crippen LogP contribution < -0.4 is 0 Å². The van der Waals surface area contributed by atoms with E-state index in [0.29, 0.717) is 28.6 Å². The summed E-state index contributed by atoms with van der Waals surface area (Å²) in [4.78, 5) is 13.8. The van der Waals surface area contributed by atoms with Crippen LogP contribution in [0.25, 0.3) is 34.2 Å². The molecule has 126 valence electrons. The van der Waals surface area contributed by atoms with Crippen LogP contribution in [0.2, 0.25) is 0 Å². The fraction of sp³-hybridized carbons (Fsp3) is 0.0455. The average molecular weight is 341 g/mol. The van der Waals surface area contributed by atoms with Crippen molar-refractivity contribution in [3.8, 4) is 34.2 Å². The van der Waals surface area contributed by atoms with Gasteiger partial charge in [-0.05, 0) is 18.6 Å². The van der Waals surface area contributed by atoms with Gasteiger partial charge in [0, 0.05) is 16.7 Å². The summed E-state index contributed by atoms with van der Waals surface area (Å²) in [7, 11) is 0. The van der Waals surface area contributed by atoms with Gasteiger partial charge in [0.1, 0.15) is 5.82 Å². The number of nitrogens with zero attached hydrogens (tertiary/aromatic N) is 3. The maximum absolute atomic E-state index is 14.0. The number of rotatable bonds is 3. The molecule has 0 N–H and O–H groups in total. The van der Waals surface area contributed by atoms with E-state index < -0.39 is 0 Å². The standard InChI is InChI=1S/C22H16FN3/c1-15-12-13-18(14-19(15)23)22-25-20(16-8-4-2-5-9-16)24-21(26-22)17-10-6-3-7-11-17/h2-14H,1H3. The van der Waals surface area contributed by atoms with E-state index in [0.717, 1.165) is 11.1 Å². The van der Waals surface area contributed by atoms with Crippen LogP contribution >= 0.6 is 0 Å². The van der Waals surface area contributed by atoms with Gasteiger partial charge in [-0.1, -0.05) is 72.8 Å². The van der Waals surface area contributed by atoms with Gasteiger partial charge in [-0.3, -0.25) is 0 Å². The van der Waals surface area contributed by atoms with Gasteiger partial charge in [0.2, 0.25) is 0 Å². The lowest BCUT2D eigenvalue weighted by Gasteiger charge is -2.08. The van der Waals surface area contributed by atoms with Crippen LogP contribution in [0.1, 0.15) is 5.56 Å². The first-order valence-corrected chi connectivity index (χ1v) is 8.34. The zero-order valence-corrected chi connectivity index (χ0v) is 14.2. The zero-order valence-electron chi connectivity index (χ0n) is 14.2. The minimum absolute atomic E-state index is 0.273. The Morgan fingerprint density at radius 2 is 1.04 bits per heavy atom. The largest absolute Gasteiger partial charge is 0.208 e. The predicted molar refractivity (Wildman–Crippen MR) is 101 cm³/mol. The number of halogens is 1. The summed E-state index contributed by atoms with van der Waals surface area (Å²) in [5.74, 6) is 1.31. The third-order valence-electron chi connectivity index (χ3n) is 4.13. The molecule has 0 bridgehead atoms. The number of hydrogen-bond acceptors (Lipinski definition) is 3. The fourth-order valence-electron chi connectivity index (χ4n) is 2.67. The molecule has 0 amide bonds. The van der Waals surface area contributed by atoms with Crippen LogP contribution in [0.4, 0.5) is 4.39 Å². The molecule has 4 aromatic rings. The van der Waals surface area contributed by atoms with Gasteiger partial charge in [0.15, 0.2) is 17.5 Å². The molecule has 0 fully saturated rings. The van der Waals surface area contributed by atoms with E-state index in [4.69, 9.17) is 0 Å². The molecule has 1 aromatic heterocycles. The van der Waals surface area contributed by atoms with Crippen LogP contribution in [-0.2, 0) is 0 Å². The molecule has 0 saturated heterocycles. The maximum Gasteiger partial charge on any atom is 0.164 e. The first kappa shape index (κ1) is 16.1. The topological polar surface area (TPSA) is 38.7 Å². The normalized spacial score (nSPS) is 10.7. The Labute approximate surface area is 151 Å². The second-order valence-electron chi connectivity index (χ2n) is 6.00. The van der Waals surface area contributed by atoms with E-state index in [1.165, 1.54) is 6.07 Å². The van der Waals surface area contributed by atoms with Crippen LogP contribution in [0.3, 0.4) is 0 Å². The Balaban J connectivity index is 1.92. The molecule has 3 nitrogen and oxygen atoms in total. The number of aromatic nitrogens is 3. The van der Waals surface area contributed by atoms with E-state index in [9.17, 15) is 4.39 Å². The predicted octanol–water partition coefficient (Wildman–Crippen LogP) is 5.32. The highest BCUT2D eigenvalue weighted by molar-refractivity contribution is 5.66. The van der Waals surface area contributed by atoms with Crippen molar-refractivity contribution in [2.24, 2.45) is 0 Å². The Morgan fingerprint density at radius 3 is 1.50 bits per heavy atom. The highest BCUT2D eigenvalue weighted by Gasteiger charge is 2.12. The van der Waals surface area contributed by atoms with E-state index in [1.807, 2.05) is 66.7 Å². The second-order valence-corrected chi connectivity index (χ2v) is 6.00. The van der Waals surface area contributed by atoms with Crippen LogP contribution in [0, 0.1) is 12.7 Å². The molecule has 4 heteroatoms. The molecule has 0 unspecified atom stereocenters. The minimum Gasteiger partial charge on any atom is -0.208 e. The Kier molecular flexibility index (Phi) is 4.23. The third kappa shape index (κ3) is 3.22. The van der Waals surface area contributed by atoms with E-state index >= 15 is 0 Å². The highest BCUT2D eigenvalue weighted by atomic mass is 19.1. The van der Waals surface area contributed by atoms with E-state index in [1.54, 1.807) is 13.0 Å². The van der Waals surface area contributed by atoms with Gasteiger partial charge in [-0.15, -0.1) is 0 Å². The third-order valence-corrected chi connectivity index (χ3v) is 4.13. The van der Waals surface area contributed by atoms with Gasteiger partial charge in [-0.25, -0.2) is 19.3 Å². The van der Waals surface area contributed by atoms with Gasteiger partial charge in [0.25, 0.3) is 0 Å². The monoisotopic (exact) mass is 341 g/mol. The van der Waals surface area contributed by atoms with E-state index in [2.05, 4.69) is 15.0 Å². The van der Waals surface area contributed by atoms with Gasteiger partial charge >= 0.3 is 0 Å². The quantitative estimate of drug-likeness (QED) is 0.506. The first-order valence-electron chi connectivity index (χ1n) is 8.34. The molecule has 3 aromatic carbocycles. The molecule has 26 heavy (non-hydrogen) atoms. The summed E-state index contributed by atoms with van der Waals surface area (Å²) in [5, 5.41) is 0. The summed E-state index contributed by atoms with van der Waals surface area (Å²) in [6.07, 6.45) is 0. The molecular weight excluding hydrogens is 325 g/mol. The molecule has 0 atom stereocenters. The van der Waals surface area contributed by atoms with Gasteiger partial charge < -0.3 is 0 Å². The van der Waals surface area contributed by atoms with Gasteiger partial charge in [-0.2, -0.15) is 0 Å². The summed E-state index contributed by atoms with van der Waals surface area (Å²) in [6, 6.07) is 24.5. The zero-order chi connectivity index (χ0) is 17.9. The highest BCUT2D eigenvalue weighted by Crippen LogP contribution is 2.25. The van der Waals surface area contributed by atoms with Crippen molar-refractivity contribution in [3.05, 3.63) is 90.2 Å². The summed E-state index contributed by atoms with van der Waals surface area (Å²) < 4.78 is 14.0. The van der Waals surface area contributed by atoms with Crippen LogP contribution in [0.15, 0.2) is 78.9 Å². The molecule has 0 spiro atoms. The van der Waals surface area contributed by atoms with Crippen molar-refractivity contribution >= 4 is 0 Å². The first-order chi connectivity index (χ1) is 12.7. The van der Waals surface area contributed by atoms with Gasteiger partial charge in [0.05, 0.1) is 0 Å². The smallest absolute Gasteiger partial charge is 0.164 e. The number of benzene rings is 3. The van der Waals surface area contributed by atoms with Crippen molar-refractivity contribution in [2.75, 3.05) is 0 Å². The van der Waals surface area contributed by atoms with Crippen molar-refractivity contribution in [3.63, 3.8) is 0 Å². The molecular formula is C22H16FN3. The molecule has 0 aliphatic heterocycles. The molecule has 4 rings (SSSR count). The van der Waals surface area contributed by atoms with Crippen molar-refractivity contribution in [1.82, 2.24) is 15.0 Å². The Bertz CT molecular complexity index is 990. The summed E-state index contributed by atoms with van der Waals surface area (Å²) in [5.41, 5.74) is 3.00. The average Bonchev–Trinajstić information content (AvgIpc) is 2.71.